The average Bonchev–Trinajstić information content (AvgIpc) is 2.61. The van der Waals surface area contributed by atoms with Crippen LogP contribution in [0.25, 0.3) is 11.3 Å². The Bertz CT molecular complexity index is 669. The monoisotopic (exact) mass is 275 g/mol. The highest BCUT2D eigenvalue weighted by Gasteiger charge is 2.11. The van der Waals surface area contributed by atoms with E-state index in [4.69, 9.17) is 27.4 Å². The molecule has 1 aliphatic heterocycles. The predicted molar refractivity (Wildman–Crippen MR) is 74.9 cm³/mol. The summed E-state index contributed by atoms with van der Waals surface area (Å²) in [5.41, 5.74) is 7.45. The Labute approximate surface area is 115 Å². The predicted octanol–water partition coefficient (Wildman–Crippen LogP) is 2.55. The van der Waals surface area contributed by atoms with Crippen LogP contribution in [-0.2, 0) is 0 Å². The summed E-state index contributed by atoms with van der Waals surface area (Å²) < 4.78 is 11.6. The van der Waals surface area contributed by atoms with Gasteiger partial charge in [0.2, 0.25) is 0 Å². The van der Waals surface area contributed by atoms with E-state index in [-0.39, 0.29) is 0 Å². The Morgan fingerprint density at radius 3 is 2.74 bits per heavy atom. The van der Waals surface area contributed by atoms with Gasteiger partial charge in [-0.2, -0.15) is 0 Å². The summed E-state index contributed by atoms with van der Waals surface area (Å²) in [5, 5.41) is 0. The molecule has 1 aromatic carbocycles. The maximum atomic E-state index is 5.71. The van der Waals surface area contributed by atoms with Crippen LogP contribution in [0.15, 0.2) is 24.3 Å². The normalized spacial score (nSPS) is 13.9. The van der Waals surface area contributed by atoms with Gasteiger partial charge in [-0.3, -0.25) is 0 Å². The molecular weight excluding hydrogens is 262 g/mol. The second kappa shape index (κ2) is 4.89. The lowest BCUT2D eigenvalue weighted by Crippen LogP contribution is -1.97. The van der Waals surface area contributed by atoms with Crippen molar-refractivity contribution in [1.29, 1.82) is 0 Å². The van der Waals surface area contributed by atoms with E-state index < -0.39 is 0 Å². The molecule has 0 spiro atoms. The average molecular weight is 275 g/mol. The van der Waals surface area contributed by atoms with Crippen LogP contribution in [-0.4, -0.2) is 23.2 Å². The zero-order valence-electron chi connectivity index (χ0n) is 10.2. The van der Waals surface area contributed by atoms with E-state index >= 15 is 0 Å². The number of fused-ring (bicyclic) bond motifs is 1. The third-order valence-corrected chi connectivity index (χ3v) is 3.02. The smallest absolute Gasteiger partial charge is 0.199 e. The Morgan fingerprint density at radius 1 is 1.16 bits per heavy atom. The lowest BCUT2D eigenvalue weighted by molar-refractivity contribution is 0.297. The molecule has 0 bridgehead atoms. The van der Waals surface area contributed by atoms with E-state index in [1.54, 1.807) is 6.07 Å². The van der Waals surface area contributed by atoms with Crippen LogP contribution in [0, 0.1) is 4.77 Å². The fourth-order valence-corrected chi connectivity index (χ4v) is 2.18. The number of nitrogens with two attached hydrogens (primary N) is 1. The van der Waals surface area contributed by atoms with Crippen molar-refractivity contribution in [3.63, 3.8) is 0 Å². The number of nitrogens with one attached hydrogen (secondary N) is 1. The molecule has 0 saturated carbocycles. The van der Waals surface area contributed by atoms with Crippen LogP contribution in [0.2, 0.25) is 0 Å². The molecule has 0 aliphatic carbocycles. The molecule has 2 heterocycles. The summed E-state index contributed by atoms with van der Waals surface area (Å²) in [7, 11) is 0. The van der Waals surface area contributed by atoms with Crippen LogP contribution >= 0.6 is 12.2 Å². The van der Waals surface area contributed by atoms with E-state index in [1.807, 2.05) is 18.2 Å². The zero-order valence-corrected chi connectivity index (χ0v) is 11.0. The Morgan fingerprint density at radius 2 is 1.95 bits per heavy atom. The minimum absolute atomic E-state index is 0.363. The van der Waals surface area contributed by atoms with Crippen molar-refractivity contribution in [2.75, 3.05) is 18.9 Å². The molecular formula is C13H13N3O2S. The third-order valence-electron chi connectivity index (χ3n) is 2.82. The highest BCUT2D eigenvalue weighted by atomic mass is 32.1. The molecule has 3 rings (SSSR count). The summed E-state index contributed by atoms with van der Waals surface area (Å²) in [4.78, 5) is 6.96. The summed E-state index contributed by atoms with van der Waals surface area (Å²) in [6.45, 7) is 1.34. The van der Waals surface area contributed by atoms with Gasteiger partial charge in [0.25, 0.3) is 0 Å². The molecule has 0 radical (unpaired) electrons. The molecule has 1 aliphatic rings. The molecule has 0 atom stereocenters. The molecule has 6 heteroatoms. The first-order chi connectivity index (χ1) is 9.22. The maximum absolute atomic E-state index is 5.71. The molecule has 19 heavy (non-hydrogen) atoms. The lowest BCUT2D eigenvalue weighted by Gasteiger charge is -2.09. The van der Waals surface area contributed by atoms with Crippen molar-refractivity contribution in [3.05, 3.63) is 29.0 Å². The quantitative estimate of drug-likeness (QED) is 0.782. The van der Waals surface area contributed by atoms with Crippen LogP contribution < -0.4 is 15.2 Å². The summed E-state index contributed by atoms with van der Waals surface area (Å²) in [6, 6.07) is 7.49. The van der Waals surface area contributed by atoms with E-state index in [0.29, 0.717) is 23.8 Å². The van der Waals surface area contributed by atoms with E-state index in [2.05, 4.69) is 9.97 Å². The second-order valence-electron chi connectivity index (χ2n) is 4.24. The van der Waals surface area contributed by atoms with Crippen LogP contribution in [0.4, 0.5) is 5.82 Å². The van der Waals surface area contributed by atoms with Crippen LogP contribution in [0.5, 0.6) is 11.5 Å². The van der Waals surface area contributed by atoms with Gasteiger partial charge in [-0.25, -0.2) is 4.98 Å². The summed E-state index contributed by atoms with van der Waals surface area (Å²) in [6.07, 6.45) is 0.884. The number of nitrogens with zero attached hydrogens (tertiary/aromatic N) is 1. The van der Waals surface area contributed by atoms with Gasteiger partial charge in [0, 0.05) is 18.1 Å². The lowest BCUT2D eigenvalue weighted by atomic mass is 10.1. The van der Waals surface area contributed by atoms with Crippen molar-refractivity contribution >= 4 is 18.0 Å². The van der Waals surface area contributed by atoms with Crippen LogP contribution in [0.1, 0.15) is 6.42 Å². The minimum atomic E-state index is 0.363. The van der Waals surface area contributed by atoms with E-state index in [0.717, 1.165) is 29.2 Å². The number of anilines is 1. The number of ether oxygens (including phenoxy) is 2. The van der Waals surface area contributed by atoms with Crippen molar-refractivity contribution < 1.29 is 9.47 Å². The van der Waals surface area contributed by atoms with Gasteiger partial charge in [-0.05, 0) is 30.4 Å². The molecule has 0 fully saturated rings. The summed E-state index contributed by atoms with van der Waals surface area (Å²) in [5.74, 6) is 1.90. The number of hydrogen-bond donors (Lipinski definition) is 2. The molecule has 2 aromatic rings. The van der Waals surface area contributed by atoms with E-state index in [1.165, 1.54) is 0 Å². The first-order valence-electron chi connectivity index (χ1n) is 5.99. The van der Waals surface area contributed by atoms with Crippen molar-refractivity contribution in [3.8, 4) is 22.8 Å². The van der Waals surface area contributed by atoms with Gasteiger partial charge >= 0.3 is 0 Å². The molecule has 1 aromatic heterocycles. The fraction of sp³-hybridized carbons (Fsp3) is 0.231. The highest BCUT2D eigenvalue weighted by Crippen LogP contribution is 2.33. The highest BCUT2D eigenvalue weighted by molar-refractivity contribution is 7.71. The minimum Gasteiger partial charge on any atom is -0.490 e. The van der Waals surface area contributed by atoms with E-state index in [9.17, 15) is 0 Å². The van der Waals surface area contributed by atoms with Gasteiger partial charge in [-0.1, -0.05) is 0 Å². The molecule has 0 saturated heterocycles. The zero-order chi connectivity index (χ0) is 13.2. The molecule has 0 amide bonds. The second-order valence-corrected chi connectivity index (χ2v) is 4.62. The number of nitrogen functional groups attached to an aromatic ring is 1. The molecule has 3 N–H and O–H groups in total. The topological polar surface area (TPSA) is 73.2 Å². The molecule has 5 nitrogen and oxygen atoms in total. The van der Waals surface area contributed by atoms with Crippen molar-refractivity contribution in [2.24, 2.45) is 0 Å². The number of aromatic nitrogens is 2. The van der Waals surface area contributed by atoms with Crippen molar-refractivity contribution in [1.82, 2.24) is 9.97 Å². The number of H-pyrrole nitrogens is 1. The number of benzene rings is 1. The van der Waals surface area contributed by atoms with Gasteiger partial charge in [0.15, 0.2) is 16.3 Å². The maximum Gasteiger partial charge on any atom is 0.199 e. The number of hydrogen-bond acceptors (Lipinski definition) is 5. The SMILES string of the molecule is Nc1cc(-c2ccc3c(c2)OCCCO3)[nH]c(=S)n1. The Kier molecular flexibility index (Phi) is 3.08. The van der Waals surface area contributed by atoms with Gasteiger partial charge in [-0.15, -0.1) is 0 Å². The first kappa shape index (κ1) is 12.0. The standard InChI is InChI=1S/C13H13N3O2S/c14-12-7-9(15-13(19)16-12)8-2-3-10-11(6-8)18-5-1-4-17-10/h2-3,6-7H,1,4-5H2,(H3,14,15,16,19). The van der Waals surface area contributed by atoms with Crippen LogP contribution in [0.3, 0.4) is 0 Å². The first-order valence-corrected chi connectivity index (χ1v) is 6.40. The van der Waals surface area contributed by atoms with Gasteiger partial charge in [0.05, 0.1) is 18.9 Å². The largest absolute Gasteiger partial charge is 0.490 e. The summed E-state index contributed by atoms with van der Waals surface area (Å²) >= 11 is 5.03. The third kappa shape index (κ3) is 2.53. The van der Waals surface area contributed by atoms with Gasteiger partial charge < -0.3 is 20.2 Å². The Balaban J connectivity index is 2.06. The number of rotatable bonds is 1. The van der Waals surface area contributed by atoms with Crippen molar-refractivity contribution in [2.45, 2.75) is 6.42 Å². The molecule has 0 unspecified atom stereocenters. The Hall–Kier alpha value is -2.08. The van der Waals surface area contributed by atoms with Gasteiger partial charge in [0.1, 0.15) is 5.82 Å². The molecule has 98 valence electrons. The number of aromatic amines is 1. The fourth-order valence-electron chi connectivity index (χ4n) is 1.96.